The van der Waals surface area contributed by atoms with Crippen molar-refractivity contribution in [1.82, 2.24) is 9.97 Å². The SMILES string of the molecule is O=C(Nc1nc(-c2ccco2)cs1)c1csc(-c2ccccc2F)n1. The lowest BCUT2D eigenvalue weighted by Gasteiger charge is -1.98. The average molecular weight is 371 g/mol. The molecular formula is C17H10FN3O2S2. The van der Waals surface area contributed by atoms with Crippen LogP contribution >= 0.6 is 22.7 Å². The van der Waals surface area contributed by atoms with Crippen molar-refractivity contribution in [2.24, 2.45) is 0 Å². The Kier molecular flexibility index (Phi) is 4.12. The summed E-state index contributed by atoms with van der Waals surface area (Å²) in [5, 5.41) is 6.98. The number of amides is 1. The van der Waals surface area contributed by atoms with Gasteiger partial charge in [0.15, 0.2) is 10.9 Å². The standard InChI is InChI=1S/C17H10FN3O2S2/c18-11-5-2-1-4-10(11)16-19-13(9-24-16)15(22)21-17-20-12(8-25-17)14-6-3-7-23-14/h1-9H,(H,20,21,22). The van der Waals surface area contributed by atoms with Crippen LogP contribution in [0.25, 0.3) is 22.0 Å². The highest BCUT2D eigenvalue weighted by Crippen LogP contribution is 2.28. The minimum atomic E-state index is -0.390. The van der Waals surface area contributed by atoms with E-state index in [0.717, 1.165) is 0 Å². The van der Waals surface area contributed by atoms with Crippen LogP contribution in [0.2, 0.25) is 0 Å². The van der Waals surface area contributed by atoms with Crippen molar-refractivity contribution in [3.8, 4) is 22.0 Å². The van der Waals surface area contributed by atoms with Crippen LogP contribution in [0.3, 0.4) is 0 Å². The molecule has 0 radical (unpaired) electrons. The monoisotopic (exact) mass is 371 g/mol. The Hall–Kier alpha value is -2.84. The molecule has 1 aromatic carbocycles. The van der Waals surface area contributed by atoms with Gasteiger partial charge in [0.25, 0.3) is 5.91 Å². The molecule has 4 rings (SSSR count). The van der Waals surface area contributed by atoms with Crippen LogP contribution in [0.15, 0.2) is 57.8 Å². The second kappa shape index (κ2) is 6.58. The number of carbonyl (C=O) groups excluding carboxylic acids is 1. The maximum absolute atomic E-state index is 13.8. The van der Waals surface area contributed by atoms with E-state index in [4.69, 9.17) is 4.42 Å². The predicted octanol–water partition coefficient (Wildman–Crippen LogP) is 4.92. The maximum Gasteiger partial charge on any atom is 0.276 e. The summed E-state index contributed by atoms with van der Waals surface area (Å²) in [6, 6.07) is 9.90. The number of rotatable bonds is 4. The molecule has 0 bridgehead atoms. The van der Waals surface area contributed by atoms with Gasteiger partial charge >= 0.3 is 0 Å². The van der Waals surface area contributed by atoms with Gasteiger partial charge < -0.3 is 4.42 Å². The Bertz CT molecular complexity index is 1020. The van der Waals surface area contributed by atoms with Crippen LogP contribution in [0.1, 0.15) is 10.5 Å². The number of halogens is 1. The van der Waals surface area contributed by atoms with Crippen LogP contribution in [0, 0.1) is 5.82 Å². The van der Waals surface area contributed by atoms with Crippen molar-refractivity contribution in [3.63, 3.8) is 0 Å². The molecule has 0 saturated carbocycles. The second-order valence-corrected chi connectivity index (χ2v) is 6.70. The van der Waals surface area contributed by atoms with Gasteiger partial charge in [-0.2, -0.15) is 0 Å². The number of thiazole rings is 2. The molecule has 0 fully saturated rings. The lowest BCUT2D eigenvalue weighted by Crippen LogP contribution is -2.12. The van der Waals surface area contributed by atoms with Crippen molar-refractivity contribution in [3.05, 3.63) is 64.9 Å². The molecule has 0 aliphatic carbocycles. The van der Waals surface area contributed by atoms with E-state index in [1.54, 1.807) is 47.4 Å². The number of nitrogens with zero attached hydrogens (tertiary/aromatic N) is 2. The second-order valence-electron chi connectivity index (χ2n) is 4.99. The van der Waals surface area contributed by atoms with Crippen LogP contribution in [0.5, 0.6) is 0 Å². The number of carbonyl (C=O) groups is 1. The molecule has 3 heterocycles. The number of anilines is 1. The number of aromatic nitrogens is 2. The third-order valence-corrected chi connectivity index (χ3v) is 4.97. The third kappa shape index (κ3) is 3.21. The predicted molar refractivity (Wildman–Crippen MR) is 95.3 cm³/mol. The Morgan fingerprint density at radius 2 is 1.96 bits per heavy atom. The molecule has 4 aromatic rings. The Morgan fingerprint density at radius 3 is 2.76 bits per heavy atom. The molecule has 25 heavy (non-hydrogen) atoms. The third-order valence-electron chi connectivity index (χ3n) is 3.34. The van der Waals surface area contributed by atoms with E-state index < -0.39 is 0 Å². The fourth-order valence-electron chi connectivity index (χ4n) is 2.17. The summed E-state index contributed by atoms with van der Waals surface area (Å²) in [6.45, 7) is 0. The Morgan fingerprint density at radius 1 is 1.08 bits per heavy atom. The van der Waals surface area contributed by atoms with Gasteiger partial charge in [0.2, 0.25) is 0 Å². The van der Waals surface area contributed by atoms with Gasteiger partial charge in [0, 0.05) is 16.3 Å². The first-order chi connectivity index (χ1) is 12.2. The quantitative estimate of drug-likeness (QED) is 0.553. The highest BCUT2D eigenvalue weighted by molar-refractivity contribution is 7.14. The van der Waals surface area contributed by atoms with E-state index in [1.165, 1.54) is 28.7 Å². The minimum absolute atomic E-state index is 0.220. The molecule has 0 aliphatic rings. The number of hydrogen-bond acceptors (Lipinski definition) is 6. The zero-order valence-electron chi connectivity index (χ0n) is 12.6. The lowest BCUT2D eigenvalue weighted by molar-refractivity contribution is 0.102. The van der Waals surface area contributed by atoms with Gasteiger partial charge in [-0.3, -0.25) is 10.1 Å². The molecule has 124 valence electrons. The Labute approximate surface area is 149 Å². The highest BCUT2D eigenvalue weighted by atomic mass is 32.1. The summed E-state index contributed by atoms with van der Waals surface area (Å²) in [4.78, 5) is 20.8. The fraction of sp³-hybridized carbons (Fsp3) is 0. The summed E-state index contributed by atoms with van der Waals surface area (Å²) < 4.78 is 19.1. The summed E-state index contributed by atoms with van der Waals surface area (Å²) in [6.07, 6.45) is 1.56. The summed E-state index contributed by atoms with van der Waals surface area (Å²) in [5.41, 5.74) is 1.24. The zero-order valence-corrected chi connectivity index (χ0v) is 14.2. The molecule has 1 amide bonds. The minimum Gasteiger partial charge on any atom is -0.463 e. The molecular weight excluding hydrogens is 361 g/mol. The van der Waals surface area contributed by atoms with Gasteiger partial charge in [-0.15, -0.1) is 22.7 Å². The number of benzene rings is 1. The smallest absolute Gasteiger partial charge is 0.276 e. The number of nitrogens with one attached hydrogen (secondary N) is 1. The summed E-state index contributed by atoms with van der Waals surface area (Å²) in [5.74, 6) is -0.127. The normalized spacial score (nSPS) is 10.8. The fourth-order valence-corrected chi connectivity index (χ4v) is 3.69. The van der Waals surface area contributed by atoms with Gasteiger partial charge in [0.1, 0.15) is 22.2 Å². The van der Waals surface area contributed by atoms with E-state index in [2.05, 4.69) is 15.3 Å². The molecule has 0 spiro atoms. The van der Waals surface area contributed by atoms with Crippen molar-refractivity contribution in [1.29, 1.82) is 0 Å². The van der Waals surface area contributed by atoms with Gasteiger partial charge in [-0.1, -0.05) is 12.1 Å². The van der Waals surface area contributed by atoms with Crippen molar-refractivity contribution < 1.29 is 13.6 Å². The van der Waals surface area contributed by atoms with Gasteiger partial charge in [0.05, 0.1) is 6.26 Å². The highest BCUT2D eigenvalue weighted by Gasteiger charge is 2.16. The first-order valence-corrected chi connectivity index (χ1v) is 8.98. The molecule has 5 nitrogen and oxygen atoms in total. The summed E-state index contributed by atoms with van der Waals surface area (Å²) in [7, 11) is 0. The van der Waals surface area contributed by atoms with Crippen molar-refractivity contribution in [2.45, 2.75) is 0 Å². The molecule has 0 saturated heterocycles. The number of furan rings is 1. The van der Waals surface area contributed by atoms with Crippen LogP contribution in [0.4, 0.5) is 9.52 Å². The molecule has 0 unspecified atom stereocenters. The van der Waals surface area contributed by atoms with Crippen LogP contribution < -0.4 is 5.32 Å². The van der Waals surface area contributed by atoms with Crippen molar-refractivity contribution in [2.75, 3.05) is 5.32 Å². The molecule has 0 aliphatic heterocycles. The molecule has 8 heteroatoms. The van der Waals surface area contributed by atoms with Crippen LogP contribution in [-0.4, -0.2) is 15.9 Å². The lowest BCUT2D eigenvalue weighted by atomic mass is 10.2. The van der Waals surface area contributed by atoms with E-state index >= 15 is 0 Å². The first-order valence-electron chi connectivity index (χ1n) is 7.22. The van der Waals surface area contributed by atoms with Crippen LogP contribution in [-0.2, 0) is 0 Å². The van der Waals surface area contributed by atoms with Crippen molar-refractivity contribution >= 4 is 33.7 Å². The number of hydrogen-bond donors (Lipinski definition) is 1. The van der Waals surface area contributed by atoms with E-state index in [-0.39, 0.29) is 17.4 Å². The molecule has 1 N–H and O–H groups in total. The maximum atomic E-state index is 13.8. The first kappa shape index (κ1) is 15.7. The average Bonchev–Trinajstić information content (AvgIpc) is 3.36. The largest absolute Gasteiger partial charge is 0.463 e. The van der Waals surface area contributed by atoms with E-state index in [9.17, 15) is 9.18 Å². The summed E-state index contributed by atoms with van der Waals surface area (Å²) >= 11 is 2.50. The molecule has 3 aromatic heterocycles. The molecule has 0 atom stereocenters. The zero-order chi connectivity index (χ0) is 17.2. The topological polar surface area (TPSA) is 68.0 Å². The van der Waals surface area contributed by atoms with Gasteiger partial charge in [-0.25, -0.2) is 14.4 Å². The van der Waals surface area contributed by atoms with E-state index in [0.29, 0.717) is 27.2 Å². The Balaban J connectivity index is 1.52. The van der Waals surface area contributed by atoms with Gasteiger partial charge in [-0.05, 0) is 24.3 Å². The van der Waals surface area contributed by atoms with E-state index in [1.807, 2.05) is 0 Å².